The molecule has 0 aliphatic carbocycles. The molecule has 0 radical (unpaired) electrons. The molecule has 3 N–H and O–H groups in total. The number of anilines is 2. The third kappa shape index (κ3) is 4.21. The molecule has 0 aliphatic heterocycles. The molecule has 0 unspecified atom stereocenters. The van der Waals surface area contributed by atoms with Gasteiger partial charge in [-0.2, -0.15) is 0 Å². The van der Waals surface area contributed by atoms with E-state index in [0.717, 1.165) is 17.9 Å². The van der Waals surface area contributed by atoms with Crippen LogP contribution in [0.2, 0.25) is 0 Å². The average Bonchev–Trinajstić information content (AvgIpc) is 2.17. The van der Waals surface area contributed by atoms with Crippen molar-refractivity contribution in [2.75, 3.05) is 24.2 Å². The first-order valence-electron chi connectivity index (χ1n) is 5.31. The van der Waals surface area contributed by atoms with Crippen molar-refractivity contribution in [2.24, 2.45) is 0 Å². The Labute approximate surface area is 91.6 Å². The molecule has 0 atom stereocenters. The second-order valence-corrected chi connectivity index (χ2v) is 3.92. The fraction of sp³-hybridized carbons (Fsp3) is 0.500. The number of rotatable bonds is 5. The standard InChI is InChI=1S/C12H20N2O/c1-9(2)15-7-6-14-12-8-11(13)5-4-10(12)3/h4-5,8-9,14H,6-7,13H2,1-3H3. The first kappa shape index (κ1) is 11.9. The van der Waals surface area contributed by atoms with Crippen LogP contribution in [0.15, 0.2) is 18.2 Å². The highest BCUT2D eigenvalue weighted by molar-refractivity contribution is 5.59. The largest absolute Gasteiger partial charge is 0.399 e. The van der Waals surface area contributed by atoms with Gasteiger partial charge in [0.1, 0.15) is 0 Å². The summed E-state index contributed by atoms with van der Waals surface area (Å²) in [6.07, 6.45) is 0.286. The highest BCUT2D eigenvalue weighted by Gasteiger charge is 1.98. The molecule has 0 aromatic heterocycles. The van der Waals surface area contributed by atoms with Crippen LogP contribution in [0.25, 0.3) is 0 Å². The maximum atomic E-state index is 5.71. The van der Waals surface area contributed by atoms with Gasteiger partial charge >= 0.3 is 0 Å². The smallest absolute Gasteiger partial charge is 0.0642 e. The lowest BCUT2D eigenvalue weighted by Gasteiger charge is -2.11. The fourth-order valence-electron chi connectivity index (χ4n) is 1.31. The lowest BCUT2D eigenvalue weighted by molar-refractivity contribution is 0.0870. The van der Waals surface area contributed by atoms with E-state index in [1.165, 1.54) is 5.56 Å². The van der Waals surface area contributed by atoms with Crippen LogP contribution in [0.5, 0.6) is 0 Å². The van der Waals surface area contributed by atoms with E-state index in [2.05, 4.69) is 12.2 Å². The molecule has 15 heavy (non-hydrogen) atoms. The van der Waals surface area contributed by atoms with E-state index in [-0.39, 0.29) is 6.10 Å². The number of ether oxygens (including phenoxy) is 1. The van der Waals surface area contributed by atoms with Crippen LogP contribution in [0, 0.1) is 6.92 Å². The highest BCUT2D eigenvalue weighted by Crippen LogP contribution is 2.17. The first-order valence-corrected chi connectivity index (χ1v) is 5.31. The van der Waals surface area contributed by atoms with Crippen molar-refractivity contribution in [3.8, 4) is 0 Å². The monoisotopic (exact) mass is 208 g/mol. The summed E-state index contributed by atoms with van der Waals surface area (Å²) in [5, 5.41) is 3.30. The molecule has 1 aromatic carbocycles. The van der Waals surface area contributed by atoms with Crippen molar-refractivity contribution in [1.82, 2.24) is 0 Å². The van der Waals surface area contributed by atoms with Crippen molar-refractivity contribution in [3.05, 3.63) is 23.8 Å². The van der Waals surface area contributed by atoms with Crippen LogP contribution in [0.3, 0.4) is 0 Å². The van der Waals surface area contributed by atoms with Gasteiger partial charge in [0.05, 0.1) is 12.7 Å². The summed E-state index contributed by atoms with van der Waals surface area (Å²) >= 11 is 0. The lowest BCUT2D eigenvalue weighted by Crippen LogP contribution is -2.13. The van der Waals surface area contributed by atoms with E-state index >= 15 is 0 Å². The zero-order chi connectivity index (χ0) is 11.3. The van der Waals surface area contributed by atoms with E-state index in [4.69, 9.17) is 10.5 Å². The Morgan fingerprint density at radius 2 is 2.13 bits per heavy atom. The third-order valence-corrected chi connectivity index (χ3v) is 2.13. The normalized spacial score (nSPS) is 10.7. The maximum Gasteiger partial charge on any atom is 0.0642 e. The Morgan fingerprint density at radius 1 is 1.40 bits per heavy atom. The lowest BCUT2D eigenvalue weighted by atomic mass is 10.2. The van der Waals surface area contributed by atoms with Gasteiger partial charge in [-0.3, -0.25) is 0 Å². The van der Waals surface area contributed by atoms with Crippen LogP contribution in [-0.4, -0.2) is 19.3 Å². The number of nitrogens with one attached hydrogen (secondary N) is 1. The molecule has 0 aliphatic rings. The molecule has 0 fully saturated rings. The molecular weight excluding hydrogens is 188 g/mol. The summed E-state index contributed by atoms with van der Waals surface area (Å²) in [6.45, 7) is 7.65. The molecule has 0 heterocycles. The first-order chi connectivity index (χ1) is 7.09. The zero-order valence-corrected chi connectivity index (χ0v) is 9.71. The van der Waals surface area contributed by atoms with E-state index in [1.54, 1.807) is 0 Å². The highest BCUT2D eigenvalue weighted by atomic mass is 16.5. The van der Waals surface area contributed by atoms with Gasteiger partial charge in [-0.05, 0) is 38.5 Å². The average molecular weight is 208 g/mol. The predicted molar refractivity (Wildman–Crippen MR) is 65.2 cm³/mol. The zero-order valence-electron chi connectivity index (χ0n) is 9.71. The van der Waals surface area contributed by atoms with E-state index in [0.29, 0.717) is 6.61 Å². The minimum absolute atomic E-state index is 0.286. The van der Waals surface area contributed by atoms with E-state index in [9.17, 15) is 0 Å². The van der Waals surface area contributed by atoms with Gasteiger partial charge in [0.2, 0.25) is 0 Å². The number of nitrogen functional groups attached to an aromatic ring is 1. The van der Waals surface area contributed by atoms with Crippen LogP contribution < -0.4 is 11.1 Å². The number of aryl methyl sites for hydroxylation is 1. The van der Waals surface area contributed by atoms with Crippen LogP contribution >= 0.6 is 0 Å². The Bertz CT molecular complexity index is 310. The van der Waals surface area contributed by atoms with Gasteiger partial charge < -0.3 is 15.8 Å². The van der Waals surface area contributed by atoms with E-state index in [1.807, 2.05) is 32.0 Å². The number of nitrogens with two attached hydrogens (primary N) is 1. The molecule has 0 amide bonds. The third-order valence-electron chi connectivity index (χ3n) is 2.13. The van der Waals surface area contributed by atoms with Crippen molar-refractivity contribution >= 4 is 11.4 Å². The van der Waals surface area contributed by atoms with Crippen molar-refractivity contribution < 1.29 is 4.74 Å². The van der Waals surface area contributed by atoms with Crippen molar-refractivity contribution in [3.63, 3.8) is 0 Å². The molecule has 1 rings (SSSR count). The van der Waals surface area contributed by atoms with E-state index < -0.39 is 0 Å². The van der Waals surface area contributed by atoms with Crippen molar-refractivity contribution in [1.29, 1.82) is 0 Å². The Kier molecular flexibility index (Phi) is 4.43. The summed E-state index contributed by atoms with van der Waals surface area (Å²) in [5.74, 6) is 0. The Morgan fingerprint density at radius 3 is 2.80 bits per heavy atom. The molecule has 0 saturated carbocycles. The maximum absolute atomic E-state index is 5.71. The Hall–Kier alpha value is -1.22. The molecule has 0 spiro atoms. The Balaban J connectivity index is 2.40. The minimum atomic E-state index is 0.286. The summed E-state index contributed by atoms with van der Waals surface area (Å²) in [6, 6.07) is 5.87. The van der Waals surface area contributed by atoms with Crippen LogP contribution in [-0.2, 0) is 4.74 Å². The molecule has 84 valence electrons. The molecule has 3 nitrogen and oxygen atoms in total. The number of hydrogen-bond donors (Lipinski definition) is 2. The van der Waals surface area contributed by atoms with Crippen molar-refractivity contribution in [2.45, 2.75) is 26.9 Å². The second-order valence-electron chi connectivity index (χ2n) is 3.92. The summed E-state index contributed by atoms with van der Waals surface area (Å²) in [7, 11) is 0. The van der Waals surface area contributed by atoms with Gasteiger partial charge in [-0.15, -0.1) is 0 Å². The van der Waals surface area contributed by atoms with Crippen LogP contribution in [0.4, 0.5) is 11.4 Å². The predicted octanol–water partition coefficient (Wildman–Crippen LogP) is 2.41. The molecule has 0 saturated heterocycles. The van der Waals surface area contributed by atoms with Gasteiger partial charge in [-0.1, -0.05) is 6.07 Å². The summed E-state index contributed by atoms with van der Waals surface area (Å²) < 4.78 is 5.44. The van der Waals surface area contributed by atoms with Gasteiger partial charge in [0.25, 0.3) is 0 Å². The number of hydrogen-bond acceptors (Lipinski definition) is 3. The quantitative estimate of drug-likeness (QED) is 0.577. The van der Waals surface area contributed by atoms with Gasteiger partial charge in [-0.25, -0.2) is 0 Å². The minimum Gasteiger partial charge on any atom is -0.399 e. The molecule has 0 bridgehead atoms. The summed E-state index contributed by atoms with van der Waals surface area (Å²) in [5.41, 5.74) is 8.78. The van der Waals surface area contributed by atoms with Gasteiger partial charge in [0, 0.05) is 17.9 Å². The molecule has 1 aromatic rings. The SMILES string of the molecule is Cc1ccc(N)cc1NCCOC(C)C. The second kappa shape index (κ2) is 5.61. The topological polar surface area (TPSA) is 47.3 Å². The van der Waals surface area contributed by atoms with Gasteiger partial charge in [0.15, 0.2) is 0 Å². The molecular formula is C12H20N2O. The number of benzene rings is 1. The van der Waals surface area contributed by atoms with Crippen LogP contribution in [0.1, 0.15) is 19.4 Å². The molecule has 3 heteroatoms. The fourth-order valence-corrected chi connectivity index (χ4v) is 1.31. The summed E-state index contributed by atoms with van der Waals surface area (Å²) in [4.78, 5) is 0.